The second-order valence-corrected chi connectivity index (χ2v) is 6.13. The Morgan fingerprint density at radius 2 is 1.67 bits per heavy atom. The second-order valence-electron chi connectivity index (χ2n) is 6.13. The van der Waals surface area contributed by atoms with E-state index in [0.717, 1.165) is 24.6 Å². The molecule has 0 aliphatic rings. The van der Waals surface area contributed by atoms with Gasteiger partial charge in [0.05, 0.1) is 13.1 Å². The average molecular weight is 324 g/mol. The van der Waals surface area contributed by atoms with E-state index in [1.54, 1.807) is 0 Å². The van der Waals surface area contributed by atoms with Crippen LogP contribution in [-0.4, -0.2) is 6.04 Å². The highest BCUT2D eigenvalue weighted by atomic mass is 16.3. The molecule has 24 heavy (non-hydrogen) atoms. The smallest absolute Gasteiger partial charge is 0.118 e. The minimum Gasteiger partial charge on any atom is -0.463 e. The third-order valence-electron chi connectivity index (χ3n) is 4.25. The summed E-state index contributed by atoms with van der Waals surface area (Å²) in [6.45, 7) is 11.6. The van der Waals surface area contributed by atoms with Gasteiger partial charge < -0.3 is 15.1 Å². The maximum atomic E-state index is 5.90. The van der Waals surface area contributed by atoms with E-state index in [4.69, 9.17) is 4.42 Å². The third kappa shape index (κ3) is 5.52. The van der Waals surface area contributed by atoms with Crippen molar-refractivity contribution in [3.05, 3.63) is 83.9 Å². The van der Waals surface area contributed by atoms with Crippen molar-refractivity contribution in [2.45, 2.75) is 45.9 Å². The fraction of sp³-hybridized carbons (Fsp3) is 0.333. The molecule has 128 valence electrons. The van der Waals surface area contributed by atoms with Gasteiger partial charge in [-0.05, 0) is 38.5 Å². The summed E-state index contributed by atoms with van der Waals surface area (Å²) >= 11 is 0. The molecule has 0 saturated carbocycles. The third-order valence-corrected chi connectivity index (χ3v) is 4.25. The molecule has 2 atom stereocenters. The number of furan rings is 1. The molecule has 0 saturated heterocycles. The predicted molar refractivity (Wildman–Crippen MR) is 101 cm³/mol. The summed E-state index contributed by atoms with van der Waals surface area (Å²) in [6, 6.07) is 15.1. The van der Waals surface area contributed by atoms with E-state index in [-0.39, 0.29) is 0 Å². The zero-order chi connectivity index (χ0) is 17.4. The first-order valence-corrected chi connectivity index (χ1v) is 8.48. The van der Waals surface area contributed by atoms with E-state index in [9.17, 15) is 0 Å². The van der Waals surface area contributed by atoms with Gasteiger partial charge in [-0.25, -0.2) is 0 Å². The van der Waals surface area contributed by atoms with Crippen LogP contribution < -0.4 is 10.6 Å². The van der Waals surface area contributed by atoms with Crippen molar-refractivity contribution in [2.75, 3.05) is 0 Å². The minimum atomic E-state index is 0.296. The molecule has 2 aromatic rings. The Kier molecular flexibility index (Phi) is 7.04. The molecule has 0 radical (unpaired) electrons. The van der Waals surface area contributed by atoms with Gasteiger partial charge in [0, 0.05) is 12.1 Å². The van der Waals surface area contributed by atoms with Gasteiger partial charge in [-0.15, -0.1) is 0 Å². The molecule has 2 N–H and O–H groups in total. The Hall–Kier alpha value is -2.10. The topological polar surface area (TPSA) is 37.2 Å². The number of rotatable bonds is 9. The van der Waals surface area contributed by atoms with Crippen molar-refractivity contribution in [1.82, 2.24) is 10.6 Å². The maximum absolute atomic E-state index is 5.90. The van der Waals surface area contributed by atoms with Gasteiger partial charge in [0.25, 0.3) is 0 Å². The van der Waals surface area contributed by atoms with Gasteiger partial charge in [0.1, 0.15) is 11.5 Å². The molecule has 0 aliphatic carbocycles. The molecule has 0 spiro atoms. The molecule has 0 bridgehead atoms. The largest absolute Gasteiger partial charge is 0.463 e. The molecule has 0 amide bonds. The number of allylic oxidation sites excluding steroid dienone is 2. The number of hydrogen-bond donors (Lipinski definition) is 2. The summed E-state index contributed by atoms with van der Waals surface area (Å²) in [4.78, 5) is 0. The van der Waals surface area contributed by atoms with E-state index in [1.165, 1.54) is 11.1 Å². The molecule has 3 heteroatoms. The van der Waals surface area contributed by atoms with E-state index < -0.39 is 0 Å². The highest BCUT2D eigenvalue weighted by Crippen LogP contribution is 2.14. The van der Waals surface area contributed by atoms with Crippen molar-refractivity contribution in [3.8, 4) is 0 Å². The molecule has 1 aromatic carbocycles. The Labute approximate surface area is 145 Å². The molecular formula is C21H28N2O. The predicted octanol–water partition coefficient (Wildman–Crippen LogP) is 4.74. The highest BCUT2D eigenvalue weighted by molar-refractivity contribution is 5.18. The monoisotopic (exact) mass is 324 g/mol. The van der Waals surface area contributed by atoms with E-state index in [0.29, 0.717) is 12.1 Å². The van der Waals surface area contributed by atoms with Gasteiger partial charge >= 0.3 is 0 Å². The zero-order valence-corrected chi connectivity index (χ0v) is 14.9. The van der Waals surface area contributed by atoms with E-state index >= 15 is 0 Å². The molecule has 1 heterocycles. The van der Waals surface area contributed by atoms with Crippen LogP contribution in [0.25, 0.3) is 0 Å². The van der Waals surface area contributed by atoms with Crippen molar-refractivity contribution in [2.24, 2.45) is 0 Å². The van der Waals surface area contributed by atoms with Crippen LogP contribution in [0.15, 0.2) is 71.2 Å². The van der Waals surface area contributed by atoms with E-state index in [1.807, 2.05) is 30.4 Å². The van der Waals surface area contributed by atoms with Crippen molar-refractivity contribution in [3.63, 3.8) is 0 Å². The van der Waals surface area contributed by atoms with Crippen LogP contribution >= 0.6 is 0 Å². The molecule has 0 aliphatic heterocycles. The lowest BCUT2D eigenvalue weighted by Crippen LogP contribution is -2.26. The fourth-order valence-electron chi connectivity index (χ4n) is 2.47. The molecular weight excluding hydrogens is 296 g/mol. The highest BCUT2D eigenvalue weighted by Gasteiger charge is 2.08. The lowest BCUT2D eigenvalue weighted by Gasteiger charge is -2.14. The quantitative estimate of drug-likeness (QED) is 0.654. The van der Waals surface area contributed by atoms with Crippen molar-refractivity contribution < 1.29 is 4.42 Å². The summed E-state index contributed by atoms with van der Waals surface area (Å²) in [5, 5.41) is 6.95. The molecule has 1 aromatic heterocycles. The molecule has 0 fully saturated rings. The van der Waals surface area contributed by atoms with Crippen LogP contribution in [0.1, 0.15) is 43.9 Å². The minimum absolute atomic E-state index is 0.296. The van der Waals surface area contributed by atoms with Crippen LogP contribution in [-0.2, 0) is 13.1 Å². The van der Waals surface area contributed by atoms with Crippen LogP contribution in [0.4, 0.5) is 0 Å². The normalized spacial score (nSPS) is 14.4. The van der Waals surface area contributed by atoms with Gasteiger partial charge in [-0.3, -0.25) is 0 Å². The molecule has 3 nitrogen and oxygen atoms in total. The van der Waals surface area contributed by atoms with Crippen LogP contribution in [0.2, 0.25) is 0 Å². The number of nitrogens with one attached hydrogen (secondary N) is 2. The summed E-state index contributed by atoms with van der Waals surface area (Å²) < 4.78 is 5.90. The Morgan fingerprint density at radius 3 is 2.29 bits per heavy atom. The van der Waals surface area contributed by atoms with Crippen LogP contribution in [0.5, 0.6) is 0 Å². The summed E-state index contributed by atoms with van der Waals surface area (Å²) in [6.07, 6.45) is 3.85. The first kappa shape index (κ1) is 18.2. The van der Waals surface area contributed by atoms with Crippen molar-refractivity contribution in [1.29, 1.82) is 0 Å². The molecule has 2 unspecified atom stereocenters. The zero-order valence-electron chi connectivity index (χ0n) is 14.9. The average Bonchev–Trinajstić information content (AvgIpc) is 3.06. The lowest BCUT2D eigenvalue weighted by atomic mass is 10.1. The van der Waals surface area contributed by atoms with Gasteiger partial charge in [0.15, 0.2) is 0 Å². The fourth-order valence-corrected chi connectivity index (χ4v) is 2.47. The summed E-state index contributed by atoms with van der Waals surface area (Å²) in [5.41, 5.74) is 2.54. The maximum Gasteiger partial charge on any atom is 0.118 e. The van der Waals surface area contributed by atoms with Gasteiger partial charge in [0.2, 0.25) is 0 Å². The Balaban J connectivity index is 1.81. The first-order valence-electron chi connectivity index (χ1n) is 8.48. The van der Waals surface area contributed by atoms with Gasteiger partial charge in [-0.1, -0.05) is 54.6 Å². The molecule has 2 rings (SSSR count). The first-order chi connectivity index (χ1) is 11.6. The summed E-state index contributed by atoms with van der Waals surface area (Å²) in [5.74, 6) is 1.91. The van der Waals surface area contributed by atoms with E-state index in [2.05, 4.69) is 62.2 Å². The standard InChI is InChI=1S/C21H28N2O/c1-5-9-16(2)17(3)22-14-20-12-13-21(24-20)15-23-18(4)19-10-7-6-8-11-19/h5-13,17-18,22-23H,1,14-15H2,2-4H3/b16-9+. The lowest BCUT2D eigenvalue weighted by molar-refractivity contribution is 0.415. The van der Waals surface area contributed by atoms with Crippen molar-refractivity contribution >= 4 is 0 Å². The SMILES string of the molecule is C=C/C=C(\C)C(C)NCc1ccc(CNC(C)c2ccccc2)o1. The second kappa shape index (κ2) is 9.26. The van der Waals surface area contributed by atoms with Gasteiger partial charge in [-0.2, -0.15) is 0 Å². The summed E-state index contributed by atoms with van der Waals surface area (Å²) in [7, 11) is 0. The number of hydrogen-bond acceptors (Lipinski definition) is 3. The Bertz CT molecular complexity index is 657. The van der Waals surface area contributed by atoms with Crippen LogP contribution in [0.3, 0.4) is 0 Å². The number of benzene rings is 1. The van der Waals surface area contributed by atoms with Crippen LogP contribution in [0, 0.1) is 0 Å². The Morgan fingerprint density at radius 1 is 1.04 bits per heavy atom.